The zero-order chi connectivity index (χ0) is 20.2. The number of rotatable bonds is 6. The number of hydrogen-bond donors (Lipinski definition) is 0. The summed E-state index contributed by atoms with van der Waals surface area (Å²) in [4.78, 5) is 27.4. The van der Waals surface area contributed by atoms with Gasteiger partial charge in [0.05, 0.1) is 25.3 Å². The largest absolute Gasteiger partial charge is 0.497 e. The fourth-order valence-corrected chi connectivity index (χ4v) is 3.70. The minimum atomic E-state index is -0.408. The van der Waals surface area contributed by atoms with Gasteiger partial charge in [0, 0.05) is 23.7 Å². The Kier molecular flexibility index (Phi) is 5.42. The van der Waals surface area contributed by atoms with Crippen LogP contribution in [-0.4, -0.2) is 41.4 Å². The van der Waals surface area contributed by atoms with Crippen molar-refractivity contribution in [2.24, 2.45) is 0 Å². The lowest BCUT2D eigenvalue weighted by atomic mass is 10.0. The summed E-state index contributed by atoms with van der Waals surface area (Å²) in [5.74, 6) is 1.18. The maximum atomic E-state index is 12.9. The van der Waals surface area contributed by atoms with E-state index in [1.807, 2.05) is 42.5 Å². The van der Waals surface area contributed by atoms with Crippen molar-refractivity contribution in [3.63, 3.8) is 0 Å². The maximum absolute atomic E-state index is 12.9. The summed E-state index contributed by atoms with van der Waals surface area (Å²) in [6.45, 7) is 0.586. The molecule has 0 spiro atoms. The first kappa shape index (κ1) is 18.9. The Hall–Kier alpha value is -3.41. The Balaban J connectivity index is 1.46. The van der Waals surface area contributed by atoms with Gasteiger partial charge in [-0.2, -0.15) is 0 Å². The third-order valence-corrected chi connectivity index (χ3v) is 5.18. The molecule has 4 rings (SSSR count). The minimum absolute atomic E-state index is 0.00586. The smallest absolute Gasteiger partial charge is 0.229 e. The van der Waals surface area contributed by atoms with Crippen molar-refractivity contribution in [2.45, 2.75) is 25.3 Å². The number of aromatic nitrogens is 1. The van der Waals surface area contributed by atoms with Gasteiger partial charge in [0.15, 0.2) is 11.5 Å². The number of Topliss-reactive ketones (excluding diaryl/α,β-unsaturated/α-hetero) is 1. The Morgan fingerprint density at radius 2 is 1.97 bits per heavy atom. The molecule has 1 aliphatic heterocycles. The molecule has 1 saturated heterocycles. The van der Waals surface area contributed by atoms with Crippen molar-refractivity contribution in [2.75, 3.05) is 13.7 Å². The molecule has 0 radical (unpaired) electrons. The van der Waals surface area contributed by atoms with E-state index in [2.05, 4.69) is 5.16 Å². The molecular weight excluding hydrogens is 368 g/mol. The summed E-state index contributed by atoms with van der Waals surface area (Å²) in [6, 6.07) is 17.9. The van der Waals surface area contributed by atoms with Crippen molar-refractivity contribution in [3.8, 4) is 17.1 Å². The van der Waals surface area contributed by atoms with Crippen molar-refractivity contribution in [1.29, 1.82) is 0 Å². The van der Waals surface area contributed by atoms with E-state index in [1.54, 1.807) is 30.2 Å². The highest BCUT2D eigenvalue weighted by atomic mass is 16.5. The summed E-state index contributed by atoms with van der Waals surface area (Å²) in [5.41, 5.74) is 2.01. The molecule has 1 atom stereocenters. The second-order valence-electron chi connectivity index (χ2n) is 7.07. The first-order valence-electron chi connectivity index (χ1n) is 9.64. The van der Waals surface area contributed by atoms with Gasteiger partial charge >= 0.3 is 0 Å². The fourth-order valence-electron chi connectivity index (χ4n) is 3.70. The van der Waals surface area contributed by atoms with Crippen LogP contribution < -0.4 is 4.74 Å². The number of carbonyl (C=O) groups is 2. The number of amides is 1. The highest BCUT2D eigenvalue weighted by Crippen LogP contribution is 2.26. The SMILES string of the molecule is COc1cccc(-c2cc(CC(=O)N3CCCC3C(=O)c3ccccc3)no2)c1. The van der Waals surface area contributed by atoms with Gasteiger partial charge in [-0.15, -0.1) is 0 Å². The van der Waals surface area contributed by atoms with Gasteiger partial charge in [-0.05, 0) is 25.0 Å². The second-order valence-corrected chi connectivity index (χ2v) is 7.07. The number of hydrogen-bond acceptors (Lipinski definition) is 5. The first-order valence-corrected chi connectivity index (χ1v) is 9.64. The van der Waals surface area contributed by atoms with Crippen molar-refractivity contribution in [1.82, 2.24) is 10.1 Å². The molecule has 1 aliphatic rings. The fraction of sp³-hybridized carbons (Fsp3) is 0.261. The van der Waals surface area contributed by atoms with Gasteiger partial charge in [0.2, 0.25) is 5.91 Å². The van der Waals surface area contributed by atoms with Gasteiger partial charge in [0.25, 0.3) is 0 Å². The van der Waals surface area contributed by atoms with Crippen LogP contribution in [0.1, 0.15) is 28.9 Å². The molecule has 1 aromatic heterocycles. The van der Waals surface area contributed by atoms with Crippen LogP contribution in [0, 0.1) is 0 Å². The third-order valence-electron chi connectivity index (χ3n) is 5.18. The van der Waals surface area contributed by atoms with Gasteiger partial charge in [-0.3, -0.25) is 9.59 Å². The molecule has 0 saturated carbocycles. The van der Waals surface area contributed by atoms with Crippen LogP contribution in [0.15, 0.2) is 65.2 Å². The molecule has 6 nitrogen and oxygen atoms in total. The Labute approximate surface area is 169 Å². The van der Waals surface area contributed by atoms with Gasteiger partial charge in [0.1, 0.15) is 5.75 Å². The Morgan fingerprint density at radius 1 is 1.14 bits per heavy atom. The Morgan fingerprint density at radius 3 is 2.76 bits per heavy atom. The Bertz CT molecular complexity index is 1010. The summed E-state index contributed by atoms with van der Waals surface area (Å²) >= 11 is 0. The average molecular weight is 390 g/mol. The lowest BCUT2D eigenvalue weighted by Crippen LogP contribution is -2.41. The molecule has 2 aromatic carbocycles. The number of methoxy groups -OCH3 is 1. The summed E-state index contributed by atoms with van der Waals surface area (Å²) < 4.78 is 10.6. The maximum Gasteiger partial charge on any atom is 0.229 e. The lowest BCUT2D eigenvalue weighted by molar-refractivity contribution is -0.130. The van der Waals surface area contributed by atoms with Gasteiger partial charge in [-0.25, -0.2) is 0 Å². The van der Waals surface area contributed by atoms with Crippen LogP contribution in [0.2, 0.25) is 0 Å². The molecule has 0 aliphatic carbocycles. The van der Waals surface area contributed by atoms with Crippen LogP contribution in [0.3, 0.4) is 0 Å². The molecule has 1 fully saturated rings. The van der Waals surface area contributed by atoms with E-state index in [9.17, 15) is 9.59 Å². The van der Waals surface area contributed by atoms with E-state index in [1.165, 1.54) is 0 Å². The van der Waals surface area contributed by atoms with Crippen molar-refractivity contribution >= 4 is 11.7 Å². The molecular formula is C23H22N2O4. The summed E-state index contributed by atoms with van der Waals surface area (Å²) in [6.07, 6.45) is 1.61. The van der Waals surface area contributed by atoms with Crippen LogP contribution in [0.25, 0.3) is 11.3 Å². The van der Waals surface area contributed by atoms with E-state index in [0.29, 0.717) is 30.0 Å². The third kappa shape index (κ3) is 4.06. The van der Waals surface area contributed by atoms with E-state index in [4.69, 9.17) is 9.26 Å². The van der Waals surface area contributed by atoms with Gasteiger partial charge < -0.3 is 14.2 Å². The normalized spacial score (nSPS) is 16.0. The lowest BCUT2D eigenvalue weighted by Gasteiger charge is -2.23. The van der Waals surface area contributed by atoms with Crippen LogP contribution in [-0.2, 0) is 11.2 Å². The number of ether oxygens (including phenoxy) is 1. The standard InChI is InChI=1S/C23H22N2O4/c1-28-19-10-5-9-17(13-19)21-14-18(24-29-21)15-22(26)25-12-6-11-20(25)23(27)16-7-3-2-4-8-16/h2-5,7-10,13-14,20H,6,11-12,15H2,1H3. The van der Waals surface area contributed by atoms with Crippen molar-refractivity contribution in [3.05, 3.63) is 71.9 Å². The minimum Gasteiger partial charge on any atom is -0.497 e. The molecule has 0 bridgehead atoms. The molecule has 6 heteroatoms. The average Bonchev–Trinajstić information content (AvgIpc) is 3.44. The van der Waals surface area contributed by atoms with Crippen LogP contribution in [0.5, 0.6) is 5.75 Å². The zero-order valence-corrected chi connectivity index (χ0v) is 16.2. The number of benzene rings is 2. The number of ketones is 1. The highest BCUT2D eigenvalue weighted by molar-refractivity contribution is 6.02. The molecule has 2 heterocycles. The first-order chi connectivity index (χ1) is 14.2. The number of carbonyl (C=O) groups excluding carboxylic acids is 2. The summed E-state index contributed by atoms with van der Waals surface area (Å²) in [5, 5.41) is 4.04. The highest BCUT2D eigenvalue weighted by Gasteiger charge is 2.34. The monoisotopic (exact) mass is 390 g/mol. The quantitative estimate of drug-likeness (QED) is 0.599. The van der Waals surface area contributed by atoms with Gasteiger partial charge in [-0.1, -0.05) is 47.6 Å². The van der Waals surface area contributed by atoms with E-state index in [-0.39, 0.29) is 18.1 Å². The topological polar surface area (TPSA) is 72.6 Å². The van der Waals surface area contributed by atoms with E-state index in [0.717, 1.165) is 17.7 Å². The van der Waals surface area contributed by atoms with Crippen LogP contribution >= 0.6 is 0 Å². The van der Waals surface area contributed by atoms with E-state index < -0.39 is 6.04 Å². The summed E-state index contributed by atoms with van der Waals surface area (Å²) in [7, 11) is 1.60. The second kappa shape index (κ2) is 8.31. The molecule has 1 amide bonds. The molecule has 0 N–H and O–H groups in total. The predicted molar refractivity (Wildman–Crippen MR) is 108 cm³/mol. The van der Waals surface area contributed by atoms with Crippen molar-refractivity contribution < 1.29 is 18.8 Å². The predicted octanol–water partition coefficient (Wildman–Crippen LogP) is 3.77. The van der Waals surface area contributed by atoms with Crippen LogP contribution in [0.4, 0.5) is 0 Å². The number of likely N-dealkylation sites (tertiary alicyclic amines) is 1. The zero-order valence-electron chi connectivity index (χ0n) is 16.2. The van der Waals surface area contributed by atoms with E-state index >= 15 is 0 Å². The molecule has 148 valence electrons. The molecule has 29 heavy (non-hydrogen) atoms. The molecule has 3 aromatic rings. The number of nitrogens with zero attached hydrogens (tertiary/aromatic N) is 2. The molecule has 1 unspecified atom stereocenters.